The quantitative estimate of drug-likeness (QED) is 0.887. The van der Waals surface area contributed by atoms with Crippen LogP contribution in [0.5, 0.6) is 5.75 Å². The Bertz CT molecular complexity index is 418. The second-order valence-corrected chi connectivity index (χ2v) is 4.75. The summed E-state index contributed by atoms with van der Waals surface area (Å²) in [6.45, 7) is 5.82. The van der Waals surface area contributed by atoms with Crippen LogP contribution in [0.15, 0.2) is 24.3 Å². The van der Waals surface area contributed by atoms with Gasteiger partial charge in [0, 0.05) is 12.6 Å². The Morgan fingerprint density at radius 1 is 1.44 bits per heavy atom. The minimum absolute atomic E-state index is 0.0988. The zero-order valence-electron chi connectivity index (χ0n) is 11.0. The molecule has 1 aromatic carbocycles. The number of nitrogens with one attached hydrogen (secondary N) is 1. The minimum atomic E-state index is 0.0988. The van der Waals surface area contributed by atoms with Crippen LogP contribution in [0.25, 0.3) is 0 Å². The van der Waals surface area contributed by atoms with Crippen molar-refractivity contribution in [2.24, 2.45) is 0 Å². The molecule has 0 fully saturated rings. The molecule has 0 atom stereocenters. The van der Waals surface area contributed by atoms with Crippen LogP contribution >= 0.6 is 0 Å². The second kappa shape index (κ2) is 5.87. The van der Waals surface area contributed by atoms with Gasteiger partial charge in [-0.2, -0.15) is 0 Å². The molecule has 0 spiro atoms. The Balaban J connectivity index is 2.14. The fourth-order valence-corrected chi connectivity index (χ4v) is 1.97. The van der Waals surface area contributed by atoms with Crippen LogP contribution < -0.4 is 15.0 Å². The number of para-hydroxylation sites is 2. The fraction of sp³-hybridized carbons (Fsp3) is 0.500. The van der Waals surface area contributed by atoms with E-state index < -0.39 is 0 Å². The van der Waals surface area contributed by atoms with Crippen LogP contribution in [0.3, 0.4) is 0 Å². The summed E-state index contributed by atoms with van der Waals surface area (Å²) in [5, 5.41) is 3.16. The van der Waals surface area contributed by atoms with Crippen molar-refractivity contribution in [3.63, 3.8) is 0 Å². The highest BCUT2D eigenvalue weighted by molar-refractivity contribution is 5.96. The predicted octanol–water partition coefficient (Wildman–Crippen LogP) is 1.80. The standard InChI is InChI=1S/C14H20N2O2/c1-11(2)15-10-14(17)16-8-5-9-18-13-7-4-3-6-12(13)16/h3-4,6-7,11,15H,5,8-10H2,1-2H3. The Morgan fingerprint density at radius 3 is 3.00 bits per heavy atom. The number of carbonyl (C=O) groups is 1. The molecule has 1 aliphatic heterocycles. The third kappa shape index (κ3) is 3.01. The van der Waals surface area contributed by atoms with Crippen LogP contribution in [0.1, 0.15) is 20.3 Å². The van der Waals surface area contributed by atoms with Gasteiger partial charge in [-0.25, -0.2) is 0 Å². The Morgan fingerprint density at radius 2 is 2.22 bits per heavy atom. The number of anilines is 1. The maximum atomic E-state index is 12.2. The largest absolute Gasteiger partial charge is 0.491 e. The molecule has 1 aliphatic rings. The first-order chi connectivity index (χ1) is 8.68. The number of ether oxygens (including phenoxy) is 1. The molecule has 0 bridgehead atoms. The van der Waals surface area contributed by atoms with Gasteiger partial charge in [-0.1, -0.05) is 26.0 Å². The number of benzene rings is 1. The molecule has 0 aromatic heterocycles. The van der Waals surface area contributed by atoms with Gasteiger partial charge in [0.25, 0.3) is 0 Å². The zero-order chi connectivity index (χ0) is 13.0. The lowest BCUT2D eigenvalue weighted by Gasteiger charge is -2.22. The molecule has 1 amide bonds. The molecule has 0 unspecified atom stereocenters. The topological polar surface area (TPSA) is 41.6 Å². The van der Waals surface area contributed by atoms with Gasteiger partial charge < -0.3 is 15.0 Å². The van der Waals surface area contributed by atoms with E-state index in [-0.39, 0.29) is 5.91 Å². The molecule has 4 nitrogen and oxygen atoms in total. The number of carbonyl (C=O) groups excluding carboxylic acids is 1. The third-order valence-corrected chi connectivity index (χ3v) is 2.90. The highest BCUT2D eigenvalue weighted by Gasteiger charge is 2.21. The molecule has 0 radical (unpaired) electrons. The van der Waals surface area contributed by atoms with Crippen molar-refractivity contribution in [3.05, 3.63) is 24.3 Å². The van der Waals surface area contributed by atoms with E-state index in [0.717, 1.165) is 24.4 Å². The zero-order valence-corrected chi connectivity index (χ0v) is 11.0. The fourth-order valence-electron chi connectivity index (χ4n) is 1.97. The monoisotopic (exact) mass is 248 g/mol. The Labute approximate surface area is 108 Å². The average Bonchev–Trinajstić information content (AvgIpc) is 2.58. The molecular weight excluding hydrogens is 228 g/mol. The lowest BCUT2D eigenvalue weighted by Crippen LogP contribution is -2.40. The maximum Gasteiger partial charge on any atom is 0.241 e. The van der Waals surface area contributed by atoms with Gasteiger partial charge in [0.05, 0.1) is 18.8 Å². The van der Waals surface area contributed by atoms with Gasteiger partial charge in [0.1, 0.15) is 5.75 Å². The molecule has 1 N–H and O–H groups in total. The first-order valence-electron chi connectivity index (χ1n) is 6.44. The molecule has 2 rings (SSSR count). The van der Waals surface area contributed by atoms with E-state index in [1.165, 1.54) is 0 Å². The molecule has 0 saturated heterocycles. The molecule has 1 heterocycles. The van der Waals surface area contributed by atoms with Gasteiger partial charge in [-0.3, -0.25) is 4.79 Å². The number of hydrogen-bond acceptors (Lipinski definition) is 3. The summed E-state index contributed by atoms with van der Waals surface area (Å²) in [5.74, 6) is 0.898. The van der Waals surface area contributed by atoms with E-state index in [4.69, 9.17) is 4.74 Å². The first-order valence-corrected chi connectivity index (χ1v) is 6.44. The van der Waals surface area contributed by atoms with Crippen LogP contribution in [0.2, 0.25) is 0 Å². The molecular formula is C14H20N2O2. The van der Waals surface area contributed by atoms with Crippen LogP contribution in [0, 0.1) is 0 Å². The van der Waals surface area contributed by atoms with E-state index >= 15 is 0 Å². The number of fused-ring (bicyclic) bond motifs is 1. The number of nitrogens with zero attached hydrogens (tertiary/aromatic N) is 1. The van der Waals surface area contributed by atoms with Gasteiger partial charge in [0.15, 0.2) is 0 Å². The third-order valence-electron chi connectivity index (χ3n) is 2.90. The minimum Gasteiger partial charge on any atom is -0.491 e. The van der Waals surface area contributed by atoms with Crippen molar-refractivity contribution in [1.82, 2.24) is 5.32 Å². The summed E-state index contributed by atoms with van der Waals surface area (Å²) in [5.41, 5.74) is 0.880. The van der Waals surface area contributed by atoms with Crippen molar-refractivity contribution in [2.45, 2.75) is 26.3 Å². The highest BCUT2D eigenvalue weighted by Crippen LogP contribution is 2.30. The summed E-state index contributed by atoms with van der Waals surface area (Å²) in [6.07, 6.45) is 0.863. The van der Waals surface area contributed by atoms with Crippen molar-refractivity contribution in [2.75, 3.05) is 24.6 Å². The summed E-state index contributed by atoms with van der Waals surface area (Å²) in [7, 11) is 0. The number of hydrogen-bond donors (Lipinski definition) is 1. The predicted molar refractivity (Wildman–Crippen MR) is 72.0 cm³/mol. The van der Waals surface area contributed by atoms with E-state index in [2.05, 4.69) is 5.32 Å². The van der Waals surface area contributed by atoms with Crippen molar-refractivity contribution < 1.29 is 9.53 Å². The number of amides is 1. The summed E-state index contributed by atoms with van der Waals surface area (Å²) < 4.78 is 5.64. The van der Waals surface area contributed by atoms with Gasteiger partial charge in [-0.05, 0) is 18.6 Å². The molecule has 98 valence electrons. The summed E-state index contributed by atoms with van der Waals surface area (Å²) in [6, 6.07) is 8.03. The molecule has 4 heteroatoms. The van der Waals surface area contributed by atoms with Crippen molar-refractivity contribution in [3.8, 4) is 5.75 Å². The summed E-state index contributed by atoms with van der Waals surface area (Å²) >= 11 is 0. The second-order valence-electron chi connectivity index (χ2n) is 4.75. The normalized spacial score (nSPS) is 14.9. The van der Waals surface area contributed by atoms with E-state index in [9.17, 15) is 4.79 Å². The summed E-state index contributed by atoms with van der Waals surface area (Å²) in [4.78, 5) is 14.0. The van der Waals surface area contributed by atoms with E-state index in [1.807, 2.05) is 43.0 Å². The van der Waals surface area contributed by atoms with E-state index in [1.54, 1.807) is 0 Å². The average molecular weight is 248 g/mol. The van der Waals surface area contributed by atoms with E-state index in [0.29, 0.717) is 19.2 Å². The Hall–Kier alpha value is -1.55. The van der Waals surface area contributed by atoms with Crippen LogP contribution in [-0.2, 0) is 4.79 Å². The van der Waals surface area contributed by atoms with Gasteiger partial charge >= 0.3 is 0 Å². The highest BCUT2D eigenvalue weighted by atomic mass is 16.5. The lowest BCUT2D eigenvalue weighted by atomic mass is 10.2. The van der Waals surface area contributed by atoms with Crippen molar-refractivity contribution in [1.29, 1.82) is 0 Å². The molecule has 0 aliphatic carbocycles. The lowest BCUT2D eigenvalue weighted by molar-refractivity contribution is -0.117. The first kappa shape index (κ1) is 12.9. The van der Waals surface area contributed by atoms with Crippen LogP contribution in [-0.4, -0.2) is 31.6 Å². The van der Waals surface area contributed by atoms with Crippen molar-refractivity contribution >= 4 is 11.6 Å². The molecule has 1 aromatic rings. The van der Waals surface area contributed by atoms with Gasteiger partial charge in [0.2, 0.25) is 5.91 Å². The molecule has 18 heavy (non-hydrogen) atoms. The molecule has 0 saturated carbocycles. The van der Waals surface area contributed by atoms with Gasteiger partial charge in [-0.15, -0.1) is 0 Å². The SMILES string of the molecule is CC(C)NCC(=O)N1CCCOc2ccccc21. The Kier molecular flexibility index (Phi) is 4.20. The van der Waals surface area contributed by atoms with Crippen LogP contribution in [0.4, 0.5) is 5.69 Å². The smallest absolute Gasteiger partial charge is 0.241 e. The maximum absolute atomic E-state index is 12.2. The number of rotatable bonds is 3.